The molecule has 0 spiro atoms. The van der Waals surface area contributed by atoms with Crippen LogP contribution in [0.5, 0.6) is 0 Å². The van der Waals surface area contributed by atoms with Gasteiger partial charge in [-0.15, -0.1) is 0 Å². The van der Waals surface area contributed by atoms with Crippen LogP contribution >= 0.6 is 0 Å². The van der Waals surface area contributed by atoms with Crippen molar-refractivity contribution in [3.05, 3.63) is 96.3 Å². The van der Waals surface area contributed by atoms with Crippen LogP contribution in [0.25, 0.3) is 0 Å². The third-order valence-electron chi connectivity index (χ3n) is 5.68. The minimum atomic E-state index is -1.52. The van der Waals surface area contributed by atoms with Crippen LogP contribution in [0.1, 0.15) is 29.1 Å². The number of nitrogens with one attached hydrogen (secondary N) is 1. The number of piperidine rings is 1. The van der Waals surface area contributed by atoms with Crippen LogP contribution in [0.15, 0.2) is 85.2 Å². The third kappa shape index (κ3) is 3.05. The molecule has 4 rings (SSSR count). The summed E-state index contributed by atoms with van der Waals surface area (Å²) in [5, 5.41) is 23.6. The van der Waals surface area contributed by atoms with E-state index in [-0.39, 0.29) is 5.91 Å². The zero-order valence-corrected chi connectivity index (χ0v) is 16.1. The Balaban J connectivity index is 1.96. The lowest BCUT2D eigenvalue weighted by molar-refractivity contribution is -0.714. The smallest absolute Gasteiger partial charge is 0.290 e. The molecule has 3 N–H and O–H groups in total. The molecule has 0 bridgehead atoms. The Morgan fingerprint density at radius 1 is 0.867 bits per heavy atom. The van der Waals surface area contributed by atoms with Crippen LogP contribution < -0.4 is 15.6 Å². The standard InChI is InChI=1S/C24H19N5O/c25-15-24(16-26)20(17-7-3-1-4-8-17)21(29-13-11-19(27)12-14-29)23(30)28-22(24)18-9-5-2-6-10-18/h1-14,20-22,27H,(H,28,30)/p+1. The van der Waals surface area contributed by atoms with Gasteiger partial charge < -0.3 is 11.1 Å². The summed E-state index contributed by atoms with van der Waals surface area (Å²) in [4.78, 5) is 13.4. The van der Waals surface area contributed by atoms with Gasteiger partial charge in [0.25, 0.3) is 5.91 Å². The van der Waals surface area contributed by atoms with Crippen LogP contribution in [-0.2, 0) is 4.79 Å². The van der Waals surface area contributed by atoms with Crippen LogP contribution in [0.2, 0.25) is 0 Å². The minimum Gasteiger partial charge on any atom is -0.398 e. The van der Waals surface area contributed by atoms with Gasteiger partial charge in [-0.2, -0.15) is 15.1 Å². The molecule has 30 heavy (non-hydrogen) atoms. The second-order valence-corrected chi connectivity index (χ2v) is 7.36. The summed E-state index contributed by atoms with van der Waals surface area (Å²) in [6.45, 7) is 0. The minimum absolute atomic E-state index is 0.256. The predicted molar refractivity (Wildman–Crippen MR) is 110 cm³/mol. The normalized spacial score (nSPS) is 22.3. The van der Waals surface area contributed by atoms with Gasteiger partial charge in [0.05, 0.1) is 24.1 Å². The molecule has 1 saturated heterocycles. The number of hydrogen-bond acceptors (Lipinski definition) is 4. The van der Waals surface area contributed by atoms with E-state index in [1.165, 1.54) is 0 Å². The summed E-state index contributed by atoms with van der Waals surface area (Å²) >= 11 is 0. The second-order valence-electron chi connectivity index (χ2n) is 7.36. The molecule has 6 nitrogen and oxygen atoms in total. The first-order chi connectivity index (χ1) is 14.6. The molecular formula is C24H20N5O+. The summed E-state index contributed by atoms with van der Waals surface area (Å²) in [6, 6.07) is 24.9. The topological polar surface area (TPSA) is 107 Å². The first kappa shape index (κ1) is 19.2. The Hall–Kier alpha value is -4.16. The largest absolute Gasteiger partial charge is 0.398 e. The number of nitrogens with zero attached hydrogens (tertiary/aromatic N) is 3. The fraction of sp³-hybridized carbons (Fsp3) is 0.167. The fourth-order valence-electron chi connectivity index (χ4n) is 4.25. The van der Waals surface area contributed by atoms with Gasteiger partial charge in [0, 0.05) is 17.8 Å². The SMILES string of the molecule is N#CC1(C#N)C(c2ccccc2)NC(=O)C([n+]2ccc(N)cc2)C1c1ccccc1. The number of hydrogen-bond donors (Lipinski definition) is 2. The van der Waals surface area contributed by atoms with E-state index in [9.17, 15) is 15.3 Å². The zero-order valence-electron chi connectivity index (χ0n) is 16.1. The number of rotatable bonds is 3. The van der Waals surface area contributed by atoms with Crippen molar-refractivity contribution in [1.29, 1.82) is 10.5 Å². The van der Waals surface area contributed by atoms with Crippen LogP contribution in [0.3, 0.4) is 0 Å². The lowest BCUT2D eigenvalue weighted by atomic mass is 9.62. The van der Waals surface area contributed by atoms with Crippen molar-refractivity contribution < 1.29 is 9.36 Å². The molecule has 2 aromatic carbocycles. The summed E-state index contributed by atoms with van der Waals surface area (Å²) in [5.41, 5.74) is 6.34. The highest BCUT2D eigenvalue weighted by molar-refractivity contribution is 5.83. The van der Waals surface area contributed by atoms with E-state index >= 15 is 0 Å². The predicted octanol–water partition coefficient (Wildman–Crippen LogP) is 2.79. The maximum absolute atomic E-state index is 13.4. The van der Waals surface area contributed by atoms with Crippen LogP contribution in [0.4, 0.5) is 5.69 Å². The molecule has 1 fully saturated rings. The molecule has 1 aliphatic rings. The van der Waals surface area contributed by atoms with Gasteiger partial charge in [0.1, 0.15) is 0 Å². The summed E-state index contributed by atoms with van der Waals surface area (Å²) in [7, 11) is 0. The van der Waals surface area contributed by atoms with Gasteiger partial charge >= 0.3 is 0 Å². The molecular weight excluding hydrogens is 374 g/mol. The van der Waals surface area contributed by atoms with Crippen molar-refractivity contribution in [2.24, 2.45) is 5.41 Å². The van der Waals surface area contributed by atoms with E-state index in [0.29, 0.717) is 5.69 Å². The number of pyridine rings is 1. The average molecular weight is 394 g/mol. The average Bonchev–Trinajstić information content (AvgIpc) is 2.80. The van der Waals surface area contributed by atoms with Crippen molar-refractivity contribution in [3.8, 4) is 12.1 Å². The van der Waals surface area contributed by atoms with Gasteiger partial charge in [0.15, 0.2) is 17.8 Å². The fourth-order valence-corrected chi connectivity index (χ4v) is 4.25. The van der Waals surface area contributed by atoms with Crippen molar-refractivity contribution in [2.45, 2.75) is 18.0 Å². The molecule has 1 aromatic heterocycles. The van der Waals surface area contributed by atoms with Gasteiger partial charge in [-0.1, -0.05) is 60.7 Å². The maximum atomic E-state index is 13.4. The second kappa shape index (κ2) is 7.69. The van der Waals surface area contributed by atoms with Crippen molar-refractivity contribution >= 4 is 11.6 Å². The van der Waals surface area contributed by atoms with Gasteiger partial charge in [-0.3, -0.25) is 4.79 Å². The summed E-state index contributed by atoms with van der Waals surface area (Å²) in [5.74, 6) is -0.949. The first-order valence-electron chi connectivity index (χ1n) is 9.60. The number of nitriles is 2. The first-order valence-corrected chi connectivity index (χ1v) is 9.60. The van der Waals surface area contributed by atoms with E-state index in [1.807, 2.05) is 60.7 Å². The number of benzene rings is 2. The highest BCUT2D eigenvalue weighted by Crippen LogP contribution is 2.52. The number of nitrogens with two attached hydrogens (primary N) is 1. The molecule has 0 saturated carbocycles. The molecule has 3 aromatic rings. The third-order valence-corrected chi connectivity index (χ3v) is 5.68. The van der Waals surface area contributed by atoms with Crippen LogP contribution in [0, 0.1) is 28.1 Å². The van der Waals surface area contributed by atoms with E-state index < -0.39 is 23.4 Å². The monoisotopic (exact) mass is 394 g/mol. The Labute approximate surface area is 174 Å². The summed E-state index contributed by atoms with van der Waals surface area (Å²) in [6.07, 6.45) is 3.41. The Bertz CT molecular complexity index is 1120. The van der Waals surface area contributed by atoms with Gasteiger partial charge in [-0.05, 0) is 11.1 Å². The number of nitrogen functional groups attached to an aromatic ring is 1. The lowest BCUT2D eigenvalue weighted by Gasteiger charge is -2.42. The molecule has 1 amide bonds. The van der Waals surface area contributed by atoms with E-state index in [0.717, 1.165) is 11.1 Å². The van der Waals surface area contributed by atoms with Crippen LogP contribution in [-0.4, -0.2) is 5.91 Å². The molecule has 146 valence electrons. The number of amides is 1. The van der Waals surface area contributed by atoms with E-state index in [4.69, 9.17) is 5.73 Å². The molecule has 6 heteroatoms. The molecule has 3 atom stereocenters. The van der Waals surface area contributed by atoms with Crippen molar-refractivity contribution in [2.75, 3.05) is 5.73 Å². The maximum Gasteiger partial charge on any atom is 0.290 e. The molecule has 0 radical (unpaired) electrons. The number of carbonyl (C=O) groups is 1. The van der Waals surface area contributed by atoms with Gasteiger partial charge in [0.2, 0.25) is 6.04 Å². The van der Waals surface area contributed by atoms with Gasteiger partial charge in [-0.25, -0.2) is 0 Å². The van der Waals surface area contributed by atoms with E-state index in [2.05, 4.69) is 17.5 Å². The zero-order chi connectivity index (χ0) is 21.1. The molecule has 2 heterocycles. The number of aromatic nitrogens is 1. The van der Waals surface area contributed by atoms with E-state index in [1.54, 1.807) is 29.1 Å². The Morgan fingerprint density at radius 3 is 1.93 bits per heavy atom. The van der Waals surface area contributed by atoms with Crippen molar-refractivity contribution in [3.63, 3.8) is 0 Å². The number of carbonyl (C=O) groups excluding carboxylic acids is 1. The molecule has 3 unspecified atom stereocenters. The Morgan fingerprint density at radius 2 is 1.40 bits per heavy atom. The Kier molecular flexibility index (Phi) is 4.92. The molecule has 1 aliphatic heterocycles. The molecule has 0 aliphatic carbocycles. The summed E-state index contributed by atoms with van der Waals surface area (Å²) < 4.78 is 1.72. The quantitative estimate of drug-likeness (QED) is 0.666. The highest BCUT2D eigenvalue weighted by Gasteiger charge is 2.61. The van der Waals surface area contributed by atoms with Crippen molar-refractivity contribution in [1.82, 2.24) is 5.32 Å². The highest BCUT2D eigenvalue weighted by atomic mass is 16.2. The number of anilines is 1. The lowest BCUT2D eigenvalue weighted by Crippen LogP contribution is -2.61.